The largest absolute Gasteiger partial charge is 0.459 e. The van der Waals surface area contributed by atoms with Crippen molar-refractivity contribution < 1.29 is 14.6 Å². The van der Waals surface area contributed by atoms with E-state index in [1.54, 1.807) is 0 Å². The van der Waals surface area contributed by atoms with Gasteiger partial charge in [-0.15, -0.1) is 0 Å². The van der Waals surface area contributed by atoms with Crippen LogP contribution in [0.1, 0.15) is 59.3 Å². The van der Waals surface area contributed by atoms with Crippen molar-refractivity contribution in [3.63, 3.8) is 0 Å². The maximum absolute atomic E-state index is 11.7. The van der Waals surface area contributed by atoms with Gasteiger partial charge >= 0.3 is 5.97 Å². The third-order valence-corrected chi connectivity index (χ3v) is 6.86. The van der Waals surface area contributed by atoms with Crippen LogP contribution in [0.5, 0.6) is 0 Å². The molecule has 1 aliphatic heterocycles. The molecule has 23 heavy (non-hydrogen) atoms. The lowest BCUT2D eigenvalue weighted by Gasteiger charge is -2.58. The van der Waals surface area contributed by atoms with Gasteiger partial charge < -0.3 is 9.84 Å². The monoisotopic (exact) mass is 318 g/mol. The summed E-state index contributed by atoms with van der Waals surface area (Å²) in [6.07, 6.45) is 8.09. The molecule has 0 aromatic carbocycles. The molecule has 3 heteroatoms. The van der Waals surface area contributed by atoms with Gasteiger partial charge in [0.15, 0.2) is 0 Å². The van der Waals surface area contributed by atoms with E-state index in [-0.39, 0.29) is 18.0 Å². The molecular weight excluding hydrogens is 288 g/mol. The second-order valence-corrected chi connectivity index (χ2v) is 8.66. The van der Waals surface area contributed by atoms with Gasteiger partial charge in [0, 0.05) is 0 Å². The van der Waals surface area contributed by atoms with E-state index in [1.807, 2.05) is 6.08 Å². The van der Waals surface area contributed by atoms with Gasteiger partial charge in [0.2, 0.25) is 0 Å². The van der Waals surface area contributed by atoms with Crippen LogP contribution in [0.4, 0.5) is 0 Å². The van der Waals surface area contributed by atoms with Crippen LogP contribution in [0.15, 0.2) is 23.8 Å². The van der Waals surface area contributed by atoms with Crippen molar-refractivity contribution in [1.82, 2.24) is 0 Å². The zero-order chi connectivity index (χ0) is 16.8. The lowest BCUT2D eigenvalue weighted by atomic mass is 9.47. The van der Waals surface area contributed by atoms with Crippen LogP contribution in [0.2, 0.25) is 0 Å². The van der Waals surface area contributed by atoms with E-state index in [4.69, 9.17) is 4.74 Å². The highest BCUT2D eigenvalue weighted by atomic mass is 16.6. The van der Waals surface area contributed by atoms with Crippen LogP contribution in [-0.4, -0.2) is 23.8 Å². The molecule has 1 N–H and O–H groups in total. The van der Waals surface area contributed by atoms with Crippen LogP contribution >= 0.6 is 0 Å². The minimum Gasteiger partial charge on any atom is -0.459 e. The topological polar surface area (TPSA) is 46.5 Å². The first-order valence-corrected chi connectivity index (χ1v) is 8.98. The fourth-order valence-corrected chi connectivity index (χ4v) is 5.64. The van der Waals surface area contributed by atoms with Gasteiger partial charge in [-0.05, 0) is 54.8 Å². The SMILES string of the molecule is C=C1CCC2C(C)(C)CCCC2(C)C1C/C=C1/C(=O)OCC1O. The number of fused-ring (bicyclic) bond motifs is 1. The first-order chi connectivity index (χ1) is 10.8. The molecule has 2 saturated carbocycles. The molecule has 4 atom stereocenters. The number of aliphatic hydroxyl groups excluding tert-OH is 1. The lowest BCUT2D eigenvalue weighted by molar-refractivity contribution is -0.135. The Labute approximate surface area is 139 Å². The van der Waals surface area contributed by atoms with E-state index < -0.39 is 6.10 Å². The number of rotatable bonds is 2. The Hall–Kier alpha value is -1.09. The number of carbonyl (C=O) groups excluding carboxylic acids is 1. The highest BCUT2D eigenvalue weighted by Crippen LogP contribution is 2.61. The van der Waals surface area contributed by atoms with E-state index >= 15 is 0 Å². The van der Waals surface area contributed by atoms with E-state index in [2.05, 4.69) is 27.4 Å². The summed E-state index contributed by atoms with van der Waals surface area (Å²) in [5, 5.41) is 9.90. The van der Waals surface area contributed by atoms with Crippen LogP contribution in [-0.2, 0) is 9.53 Å². The van der Waals surface area contributed by atoms with Gasteiger partial charge in [-0.3, -0.25) is 0 Å². The summed E-state index contributed by atoms with van der Waals surface area (Å²) in [6, 6.07) is 0. The van der Waals surface area contributed by atoms with Crippen LogP contribution in [0.3, 0.4) is 0 Å². The van der Waals surface area contributed by atoms with Gasteiger partial charge in [0.25, 0.3) is 0 Å². The summed E-state index contributed by atoms with van der Waals surface area (Å²) in [5.41, 5.74) is 2.39. The summed E-state index contributed by atoms with van der Waals surface area (Å²) in [6.45, 7) is 11.7. The maximum Gasteiger partial charge on any atom is 0.336 e. The number of ether oxygens (including phenoxy) is 1. The molecule has 2 aliphatic carbocycles. The van der Waals surface area contributed by atoms with Crippen molar-refractivity contribution in [3.05, 3.63) is 23.8 Å². The van der Waals surface area contributed by atoms with Crippen molar-refractivity contribution in [2.45, 2.75) is 65.4 Å². The van der Waals surface area contributed by atoms with Crippen molar-refractivity contribution in [2.24, 2.45) is 22.7 Å². The summed E-state index contributed by atoms with van der Waals surface area (Å²) in [4.78, 5) is 11.7. The summed E-state index contributed by atoms with van der Waals surface area (Å²) in [5.74, 6) is 0.747. The average molecular weight is 318 g/mol. The zero-order valence-electron chi connectivity index (χ0n) is 14.7. The number of cyclic esters (lactones) is 1. The summed E-state index contributed by atoms with van der Waals surface area (Å²) < 4.78 is 4.93. The van der Waals surface area contributed by atoms with Crippen LogP contribution in [0, 0.1) is 22.7 Å². The molecule has 1 heterocycles. The van der Waals surface area contributed by atoms with Gasteiger partial charge in [0.05, 0.1) is 5.57 Å². The predicted molar refractivity (Wildman–Crippen MR) is 90.8 cm³/mol. The molecule has 3 fully saturated rings. The second-order valence-electron chi connectivity index (χ2n) is 8.66. The molecule has 1 saturated heterocycles. The number of hydrogen-bond acceptors (Lipinski definition) is 3. The first kappa shape index (κ1) is 16.8. The first-order valence-electron chi connectivity index (χ1n) is 8.98. The zero-order valence-corrected chi connectivity index (χ0v) is 14.7. The van der Waals surface area contributed by atoms with E-state index in [9.17, 15) is 9.90 Å². The van der Waals surface area contributed by atoms with Crippen molar-refractivity contribution in [2.75, 3.05) is 6.61 Å². The average Bonchev–Trinajstić information content (AvgIpc) is 2.77. The Balaban J connectivity index is 1.86. The number of aliphatic hydroxyl groups is 1. The molecule has 0 spiro atoms. The molecule has 3 rings (SSSR count). The Morgan fingerprint density at radius 3 is 2.74 bits per heavy atom. The third kappa shape index (κ3) is 2.77. The molecule has 3 nitrogen and oxygen atoms in total. The molecule has 3 aliphatic rings. The summed E-state index contributed by atoms with van der Waals surface area (Å²) >= 11 is 0. The van der Waals surface area contributed by atoms with E-state index in [0.29, 0.717) is 22.8 Å². The minimum absolute atomic E-state index is 0.100. The predicted octanol–water partition coefficient (Wildman–Crippen LogP) is 4.02. The highest BCUT2D eigenvalue weighted by Gasteiger charge is 2.52. The molecule has 0 bridgehead atoms. The lowest BCUT2D eigenvalue weighted by Crippen LogP contribution is -2.49. The molecule has 0 aromatic rings. The van der Waals surface area contributed by atoms with Gasteiger partial charge in [-0.25, -0.2) is 4.79 Å². The number of hydrogen-bond donors (Lipinski definition) is 1. The number of carbonyl (C=O) groups is 1. The highest BCUT2D eigenvalue weighted by molar-refractivity contribution is 5.91. The smallest absolute Gasteiger partial charge is 0.336 e. The van der Waals surface area contributed by atoms with E-state index in [0.717, 1.165) is 12.8 Å². The molecule has 4 unspecified atom stereocenters. The quantitative estimate of drug-likeness (QED) is 0.475. The second kappa shape index (κ2) is 5.77. The number of allylic oxidation sites excluding steroid dienone is 2. The van der Waals surface area contributed by atoms with Crippen molar-refractivity contribution in [1.29, 1.82) is 0 Å². The molecule has 0 radical (unpaired) electrons. The van der Waals surface area contributed by atoms with Gasteiger partial charge in [-0.1, -0.05) is 45.4 Å². The molecule has 128 valence electrons. The molecular formula is C20H30O3. The Morgan fingerprint density at radius 1 is 1.35 bits per heavy atom. The summed E-state index contributed by atoms with van der Waals surface area (Å²) in [7, 11) is 0. The van der Waals surface area contributed by atoms with Gasteiger partial charge in [-0.2, -0.15) is 0 Å². The van der Waals surface area contributed by atoms with Crippen LogP contribution in [0.25, 0.3) is 0 Å². The number of esters is 1. The van der Waals surface area contributed by atoms with Gasteiger partial charge in [0.1, 0.15) is 12.7 Å². The van der Waals surface area contributed by atoms with Crippen LogP contribution < -0.4 is 0 Å². The standard InChI is InChI=1S/C20H30O3/c1-13-6-9-17-19(2,3)10-5-11-20(17,4)15(13)8-7-14-16(21)12-23-18(14)22/h7,15-17,21H,1,5-6,8-12H2,2-4H3/b14-7+. The van der Waals surface area contributed by atoms with Crippen molar-refractivity contribution in [3.8, 4) is 0 Å². The Morgan fingerprint density at radius 2 is 2.09 bits per heavy atom. The fourth-order valence-electron chi connectivity index (χ4n) is 5.64. The Kier molecular flexibility index (Phi) is 4.20. The molecule has 0 amide bonds. The van der Waals surface area contributed by atoms with E-state index in [1.165, 1.54) is 31.3 Å². The maximum atomic E-state index is 11.7. The minimum atomic E-state index is -0.759. The normalized spacial score (nSPS) is 41.7. The molecule has 0 aromatic heterocycles. The third-order valence-electron chi connectivity index (χ3n) is 6.86. The fraction of sp³-hybridized carbons (Fsp3) is 0.750. The van der Waals surface area contributed by atoms with Crippen molar-refractivity contribution >= 4 is 5.97 Å². The Bertz CT molecular complexity index is 545.